The number of oxime groups is 1. The number of halogens is 3. The molecule has 2 aromatic rings. The Morgan fingerprint density at radius 3 is 2.40 bits per heavy atom. The van der Waals surface area contributed by atoms with Crippen LogP contribution in [0.3, 0.4) is 0 Å². The van der Waals surface area contributed by atoms with Crippen LogP contribution in [0.1, 0.15) is 11.1 Å². The van der Waals surface area contributed by atoms with Crippen LogP contribution in [0.4, 0.5) is 18.9 Å². The van der Waals surface area contributed by atoms with Crippen molar-refractivity contribution in [3.63, 3.8) is 0 Å². The van der Waals surface area contributed by atoms with Gasteiger partial charge in [-0.2, -0.15) is 13.2 Å². The Balaban J connectivity index is 1.69. The smallest absolute Gasteiger partial charge is 0.416 e. The molecule has 2 aromatic carbocycles. The number of hydrogen-bond donors (Lipinski definition) is 0. The second kappa shape index (κ2) is 7.05. The summed E-state index contributed by atoms with van der Waals surface area (Å²) in [6.45, 7) is 0. The van der Waals surface area contributed by atoms with Gasteiger partial charge < -0.3 is 14.3 Å². The molecule has 4 rings (SSSR count). The molecule has 1 fully saturated rings. The summed E-state index contributed by atoms with van der Waals surface area (Å²) in [6, 6.07) is 8.82. The lowest BCUT2D eigenvalue weighted by Crippen LogP contribution is -2.33. The van der Waals surface area contributed by atoms with Crippen LogP contribution in [0.15, 0.2) is 47.6 Å². The maximum absolute atomic E-state index is 13.0. The van der Waals surface area contributed by atoms with Crippen molar-refractivity contribution in [1.29, 1.82) is 0 Å². The third-order valence-electron chi connectivity index (χ3n) is 4.92. The van der Waals surface area contributed by atoms with E-state index in [1.807, 2.05) is 0 Å². The molecule has 30 heavy (non-hydrogen) atoms. The Bertz CT molecular complexity index is 1070. The fourth-order valence-electron chi connectivity index (χ4n) is 3.49. The first-order valence-electron chi connectivity index (χ1n) is 8.77. The molecule has 0 spiro atoms. The summed E-state index contributed by atoms with van der Waals surface area (Å²) in [6.07, 6.45) is -5.85. The monoisotopic (exact) mass is 420 g/mol. The zero-order chi connectivity index (χ0) is 21.6. The minimum atomic E-state index is -4.61. The molecule has 0 N–H and O–H groups in total. The van der Waals surface area contributed by atoms with Crippen LogP contribution in [0.25, 0.3) is 0 Å². The third-order valence-corrected chi connectivity index (χ3v) is 4.92. The zero-order valence-corrected chi connectivity index (χ0v) is 15.8. The molecule has 2 heterocycles. The summed E-state index contributed by atoms with van der Waals surface area (Å²) in [4.78, 5) is 31.7. The number of carbonyl (C=O) groups is 2. The Morgan fingerprint density at radius 1 is 1.00 bits per heavy atom. The van der Waals surface area contributed by atoms with Crippen molar-refractivity contribution in [2.45, 2.75) is 12.3 Å². The molecular formula is C20H15F3N2O5. The van der Waals surface area contributed by atoms with Crippen molar-refractivity contribution in [2.75, 3.05) is 19.1 Å². The molecule has 0 aromatic heterocycles. The van der Waals surface area contributed by atoms with E-state index in [0.29, 0.717) is 22.0 Å². The molecule has 2 atom stereocenters. The van der Waals surface area contributed by atoms with Gasteiger partial charge in [-0.05, 0) is 36.4 Å². The van der Waals surface area contributed by atoms with E-state index in [1.54, 1.807) is 18.2 Å². The molecule has 2 amide bonds. The summed E-state index contributed by atoms with van der Waals surface area (Å²) >= 11 is 0. The molecule has 156 valence electrons. The third kappa shape index (κ3) is 3.04. The fraction of sp³-hybridized carbons (Fsp3) is 0.250. The average molecular weight is 420 g/mol. The topological polar surface area (TPSA) is 77.4 Å². The number of benzene rings is 2. The van der Waals surface area contributed by atoms with Gasteiger partial charge in [0, 0.05) is 5.56 Å². The first kappa shape index (κ1) is 19.7. The minimum absolute atomic E-state index is 0.176. The lowest BCUT2D eigenvalue weighted by atomic mass is 9.94. The summed E-state index contributed by atoms with van der Waals surface area (Å²) in [5.41, 5.74) is -0.488. The number of imide groups is 1. The highest BCUT2D eigenvalue weighted by molar-refractivity contribution is 6.32. The van der Waals surface area contributed by atoms with E-state index in [1.165, 1.54) is 20.3 Å². The van der Waals surface area contributed by atoms with Crippen LogP contribution >= 0.6 is 0 Å². The van der Waals surface area contributed by atoms with Crippen molar-refractivity contribution in [2.24, 2.45) is 11.1 Å². The number of hydrogen-bond acceptors (Lipinski definition) is 6. The number of amides is 2. The van der Waals surface area contributed by atoms with Gasteiger partial charge in [0.05, 0.1) is 25.5 Å². The second-order valence-electron chi connectivity index (χ2n) is 6.61. The van der Waals surface area contributed by atoms with Gasteiger partial charge in [-0.3, -0.25) is 9.59 Å². The largest absolute Gasteiger partial charge is 0.493 e. The van der Waals surface area contributed by atoms with Crippen LogP contribution in [0.5, 0.6) is 11.5 Å². The Morgan fingerprint density at radius 2 is 1.73 bits per heavy atom. The number of rotatable bonds is 4. The lowest BCUT2D eigenvalue weighted by Gasteiger charge is -2.17. The second-order valence-corrected chi connectivity index (χ2v) is 6.61. The molecule has 1 saturated heterocycles. The Kier molecular flexibility index (Phi) is 4.64. The zero-order valence-electron chi connectivity index (χ0n) is 15.8. The van der Waals surface area contributed by atoms with E-state index in [9.17, 15) is 22.8 Å². The number of carbonyl (C=O) groups excluding carboxylic acids is 2. The van der Waals surface area contributed by atoms with Gasteiger partial charge in [-0.1, -0.05) is 11.2 Å². The van der Waals surface area contributed by atoms with Crippen molar-refractivity contribution >= 4 is 23.2 Å². The molecule has 0 bridgehead atoms. The molecule has 2 aliphatic rings. The summed E-state index contributed by atoms with van der Waals surface area (Å²) in [5, 5.41) is 3.88. The van der Waals surface area contributed by atoms with Gasteiger partial charge in [0.1, 0.15) is 11.6 Å². The van der Waals surface area contributed by atoms with Gasteiger partial charge >= 0.3 is 6.18 Å². The number of anilines is 1. The maximum Gasteiger partial charge on any atom is 0.416 e. The minimum Gasteiger partial charge on any atom is -0.493 e. The Labute approximate surface area is 168 Å². The van der Waals surface area contributed by atoms with Gasteiger partial charge in [-0.15, -0.1) is 0 Å². The molecule has 7 nitrogen and oxygen atoms in total. The molecule has 0 saturated carbocycles. The quantitative estimate of drug-likeness (QED) is 0.711. The fourth-order valence-corrected chi connectivity index (χ4v) is 3.49. The highest BCUT2D eigenvalue weighted by Gasteiger charge is 2.56. The van der Waals surface area contributed by atoms with Crippen molar-refractivity contribution < 1.29 is 37.1 Å². The molecular weight excluding hydrogens is 405 g/mol. The van der Waals surface area contributed by atoms with Crippen LogP contribution in [0, 0.1) is 5.92 Å². The van der Waals surface area contributed by atoms with Gasteiger partial charge in [0.15, 0.2) is 11.5 Å². The summed E-state index contributed by atoms with van der Waals surface area (Å²) in [5.74, 6) is -1.73. The number of fused-ring (bicyclic) bond motifs is 1. The van der Waals surface area contributed by atoms with Crippen molar-refractivity contribution in [3.05, 3.63) is 53.6 Å². The van der Waals surface area contributed by atoms with Crippen molar-refractivity contribution in [3.8, 4) is 11.5 Å². The number of methoxy groups -OCH3 is 2. The number of nitrogens with zero attached hydrogens (tertiary/aromatic N) is 2. The number of ether oxygens (including phenoxy) is 2. The maximum atomic E-state index is 13.0. The number of alkyl halides is 3. The Hall–Kier alpha value is -3.56. The molecule has 0 aliphatic carbocycles. The highest BCUT2D eigenvalue weighted by atomic mass is 19.4. The van der Waals surface area contributed by atoms with Crippen LogP contribution in [0.2, 0.25) is 0 Å². The summed E-state index contributed by atoms with van der Waals surface area (Å²) < 4.78 is 49.5. The first-order valence-corrected chi connectivity index (χ1v) is 8.77. The lowest BCUT2D eigenvalue weighted by molar-refractivity contribution is -0.137. The molecule has 2 aliphatic heterocycles. The molecule has 0 unspecified atom stereocenters. The van der Waals surface area contributed by atoms with Crippen LogP contribution in [-0.2, 0) is 20.6 Å². The SMILES string of the molecule is COc1ccc(C2=NO[C@H]3C(=O)N(c4cccc(C(F)(F)F)c4)C(=O)[C@H]23)cc1OC. The van der Waals surface area contributed by atoms with E-state index >= 15 is 0 Å². The average Bonchev–Trinajstić information content (AvgIpc) is 3.27. The first-order chi connectivity index (χ1) is 14.3. The van der Waals surface area contributed by atoms with Gasteiger partial charge in [0.25, 0.3) is 5.91 Å². The predicted octanol–water partition coefficient (Wildman–Crippen LogP) is 3.02. The van der Waals surface area contributed by atoms with E-state index in [-0.39, 0.29) is 11.4 Å². The van der Waals surface area contributed by atoms with E-state index in [2.05, 4.69) is 5.16 Å². The standard InChI is InChI=1S/C20H15F3N2O5/c1-28-13-7-6-10(8-14(13)29-2)16-15-17(30-24-16)19(27)25(18(15)26)12-5-3-4-11(9-12)20(21,22)23/h3-9,15,17H,1-2H3/t15-,17-/m1/s1. The van der Waals surface area contributed by atoms with Gasteiger partial charge in [-0.25, -0.2) is 4.90 Å². The predicted molar refractivity (Wildman–Crippen MR) is 98.4 cm³/mol. The van der Waals surface area contributed by atoms with E-state index in [4.69, 9.17) is 14.3 Å². The van der Waals surface area contributed by atoms with Crippen molar-refractivity contribution in [1.82, 2.24) is 0 Å². The normalized spacial score (nSPS) is 20.7. The summed E-state index contributed by atoms with van der Waals surface area (Å²) in [7, 11) is 2.91. The van der Waals surface area contributed by atoms with Crippen LogP contribution in [-0.4, -0.2) is 37.8 Å². The highest BCUT2D eigenvalue weighted by Crippen LogP contribution is 2.38. The van der Waals surface area contributed by atoms with Crippen LogP contribution < -0.4 is 14.4 Å². The van der Waals surface area contributed by atoms with E-state index in [0.717, 1.165) is 18.2 Å². The molecule has 10 heteroatoms. The molecule has 0 radical (unpaired) electrons. The van der Waals surface area contributed by atoms with E-state index < -0.39 is 35.6 Å². The van der Waals surface area contributed by atoms with Gasteiger partial charge in [0.2, 0.25) is 12.0 Å².